The van der Waals surface area contributed by atoms with Crippen LogP contribution in [0.3, 0.4) is 0 Å². The quantitative estimate of drug-likeness (QED) is 0.548. The highest BCUT2D eigenvalue weighted by Crippen LogP contribution is 2.09. The van der Waals surface area contributed by atoms with Gasteiger partial charge in [0.15, 0.2) is 0 Å². The third-order valence-corrected chi connectivity index (χ3v) is 2.37. The lowest BCUT2D eigenvalue weighted by Gasteiger charge is -1.97. The van der Waals surface area contributed by atoms with Gasteiger partial charge >= 0.3 is 0 Å². The van der Waals surface area contributed by atoms with Crippen LogP contribution in [-0.2, 0) is 10.1 Å². The molecule has 4 heteroatoms. The van der Waals surface area contributed by atoms with Crippen molar-refractivity contribution >= 4 is 10.1 Å². The molecule has 0 aliphatic carbocycles. The Morgan fingerprint density at radius 1 is 1.33 bits per heavy atom. The molecule has 0 fully saturated rings. The number of allylic oxidation sites excluding steroid dienone is 4. The zero-order chi connectivity index (χ0) is 9.78. The highest BCUT2D eigenvalue weighted by Gasteiger charge is 2.09. The normalized spacial score (nSPS) is 12.8. The van der Waals surface area contributed by atoms with E-state index in [2.05, 4.69) is 0 Å². The van der Waals surface area contributed by atoms with Gasteiger partial charge in [-0.3, -0.25) is 4.55 Å². The van der Waals surface area contributed by atoms with Crippen LogP contribution in [0.1, 0.15) is 27.2 Å². The van der Waals surface area contributed by atoms with E-state index >= 15 is 0 Å². The topological polar surface area (TPSA) is 54.4 Å². The molecule has 0 amide bonds. The summed E-state index contributed by atoms with van der Waals surface area (Å²) in [5.41, 5.74) is 0.990. The Morgan fingerprint density at radius 2 is 1.83 bits per heavy atom. The molecule has 0 aromatic carbocycles. The monoisotopic (exact) mass is 190 g/mol. The largest absolute Gasteiger partial charge is 0.290 e. The summed E-state index contributed by atoms with van der Waals surface area (Å²) in [6.45, 7) is 5.39. The lowest BCUT2D eigenvalue weighted by atomic mass is 10.3. The SMILES string of the molecule is CC/C(=C\C=C(C)C)S(=O)(=O)O. The molecule has 0 radical (unpaired) electrons. The van der Waals surface area contributed by atoms with E-state index < -0.39 is 10.1 Å². The first-order valence-corrected chi connectivity index (χ1v) is 5.13. The minimum Gasteiger partial charge on any atom is -0.282 e. The molecular weight excluding hydrogens is 176 g/mol. The molecule has 0 aromatic rings. The van der Waals surface area contributed by atoms with E-state index in [4.69, 9.17) is 4.55 Å². The standard InChI is InChI=1S/C8H14O3S/c1-4-8(12(9,10)11)6-5-7(2)3/h5-6H,4H2,1-3H3,(H,9,10,11)/b8-6+. The third-order valence-electron chi connectivity index (χ3n) is 1.28. The van der Waals surface area contributed by atoms with Crippen molar-refractivity contribution in [3.05, 3.63) is 22.6 Å². The average molecular weight is 190 g/mol. The number of rotatable bonds is 3. The maximum atomic E-state index is 10.6. The van der Waals surface area contributed by atoms with Gasteiger partial charge in [0.05, 0.1) is 4.91 Å². The van der Waals surface area contributed by atoms with Crippen molar-refractivity contribution in [1.29, 1.82) is 0 Å². The summed E-state index contributed by atoms with van der Waals surface area (Å²) in [7, 11) is -3.99. The van der Waals surface area contributed by atoms with Crippen molar-refractivity contribution < 1.29 is 13.0 Å². The molecule has 0 aromatic heterocycles. The molecule has 0 bridgehead atoms. The fourth-order valence-electron chi connectivity index (χ4n) is 0.646. The van der Waals surface area contributed by atoms with Crippen LogP contribution in [0.25, 0.3) is 0 Å². The molecule has 0 unspecified atom stereocenters. The van der Waals surface area contributed by atoms with Crippen LogP contribution in [0.2, 0.25) is 0 Å². The van der Waals surface area contributed by atoms with Crippen LogP contribution in [-0.4, -0.2) is 13.0 Å². The molecule has 1 N–H and O–H groups in total. The summed E-state index contributed by atoms with van der Waals surface area (Å²) >= 11 is 0. The maximum Gasteiger partial charge on any atom is 0.290 e. The summed E-state index contributed by atoms with van der Waals surface area (Å²) in [4.78, 5) is 0.0451. The average Bonchev–Trinajstić information content (AvgIpc) is 1.85. The van der Waals surface area contributed by atoms with Crippen molar-refractivity contribution in [3.8, 4) is 0 Å². The Kier molecular flexibility index (Phi) is 4.20. The Hall–Kier alpha value is -0.610. The van der Waals surface area contributed by atoms with Crippen LogP contribution in [0.15, 0.2) is 22.6 Å². The molecule has 0 atom stereocenters. The fourth-order valence-corrected chi connectivity index (χ4v) is 1.25. The molecular formula is C8H14O3S. The second-order valence-corrected chi connectivity index (χ2v) is 4.18. The van der Waals surface area contributed by atoms with E-state index in [-0.39, 0.29) is 4.91 Å². The van der Waals surface area contributed by atoms with Crippen LogP contribution in [0, 0.1) is 0 Å². The fraction of sp³-hybridized carbons (Fsp3) is 0.500. The van der Waals surface area contributed by atoms with Gasteiger partial charge in [-0.05, 0) is 26.3 Å². The van der Waals surface area contributed by atoms with E-state index in [0.717, 1.165) is 5.57 Å². The Morgan fingerprint density at radius 3 is 2.08 bits per heavy atom. The summed E-state index contributed by atoms with van der Waals surface area (Å²) < 4.78 is 29.9. The van der Waals surface area contributed by atoms with Gasteiger partial charge in [0.25, 0.3) is 10.1 Å². The summed E-state index contributed by atoms with van der Waals surface area (Å²) in [5, 5.41) is 0. The Bertz CT molecular complexity index is 292. The Balaban J connectivity index is 4.82. The maximum absolute atomic E-state index is 10.6. The summed E-state index contributed by atoms with van der Waals surface area (Å²) in [6, 6.07) is 0. The molecule has 0 rings (SSSR count). The van der Waals surface area contributed by atoms with Crippen molar-refractivity contribution in [1.82, 2.24) is 0 Å². The van der Waals surface area contributed by atoms with Gasteiger partial charge in [0.1, 0.15) is 0 Å². The molecule has 3 nitrogen and oxygen atoms in total. The van der Waals surface area contributed by atoms with E-state index in [9.17, 15) is 8.42 Å². The first-order chi connectivity index (χ1) is 5.38. The molecule has 0 aliphatic rings. The molecule has 70 valence electrons. The highest BCUT2D eigenvalue weighted by molar-refractivity contribution is 7.89. The van der Waals surface area contributed by atoms with E-state index in [1.165, 1.54) is 6.08 Å². The van der Waals surface area contributed by atoms with Crippen molar-refractivity contribution in [3.63, 3.8) is 0 Å². The van der Waals surface area contributed by atoms with Crippen LogP contribution in [0.5, 0.6) is 0 Å². The van der Waals surface area contributed by atoms with Gasteiger partial charge in [-0.25, -0.2) is 0 Å². The van der Waals surface area contributed by atoms with Crippen molar-refractivity contribution in [2.24, 2.45) is 0 Å². The molecule has 0 heterocycles. The molecule has 0 spiro atoms. The minimum absolute atomic E-state index is 0.0451. The van der Waals surface area contributed by atoms with Gasteiger partial charge in [0.2, 0.25) is 0 Å². The molecule has 0 saturated carbocycles. The van der Waals surface area contributed by atoms with Crippen LogP contribution in [0.4, 0.5) is 0 Å². The van der Waals surface area contributed by atoms with Crippen LogP contribution >= 0.6 is 0 Å². The van der Waals surface area contributed by atoms with Crippen LogP contribution < -0.4 is 0 Å². The minimum atomic E-state index is -3.99. The van der Waals surface area contributed by atoms with Gasteiger partial charge in [0, 0.05) is 0 Å². The molecule has 0 saturated heterocycles. The Labute approximate surface area is 73.5 Å². The van der Waals surface area contributed by atoms with Gasteiger partial charge < -0.3 is 0 Å². The van der Waals surface area contributed by atoms with E-state index in [1.807, 2.05) is 13.8 Å². The van der Waals surface area contributed by atoms with Crippen molar-refractivity contribution in [2.45, 2.75) is 27.2 Å². The van der Waals surface area contributed by atoms with Crippen molar-refractivity contribution in [2.75, 3.05) is 0 Å². The van der Waals surface area contributed by atoms with E-state index in [1.54, 1.807) is 13.0 Å². The van der Waals surface area contributed by atoms with E-state index in [0.29, 0.717) is 6.42 Å². The zero-order valence-corrected chi connectivity index (χ0v) is 8.35. The second kappa shape index (κ2) is 4.42. The zero-order valence-electron chi connectivity index (χ0n) is 7.53. The lowest BCUT2D eigenvalue weighted by Crippen LogP contribution is -2.00. The number of hydrogen-bond acceptors (Lipinski definition) is 2. The summed E-state index contributed by atoms with van der Waals surface area (Å²) in [5.74, 6) is 0. The summed E-state index contributed by atoms with van der Waals surface area (Å²) in [6.07, 6.45) is 3.39. The first-order valence-electron chi connectivity index (χ1n) is 3.69. The van der Waals surface area contributed by atoms with Gasteiger partial charge in [-0.2, -0.15) is 8.42 Å². The van der Waals surface area contributed by atoms with Gasteiger partial charge in [-0.1, -0.05) is 18.6 Å². The molecule has 12 heavy (non-hydrogen) atoms. The second-order valence-electron chi connectivity index (χ2n) is 2.71. The smallest absolute Gasteiger partial charge is 0.282 e. The van der Waals surface area contributed by atoms with Gasteiger partial charge in [-0.15, -0.1) is 0 Å². The molecule has 0 aliphatic heterocycles. The predicted octanol–water partition coefficient (Wildman–Crippen LogP) is 2.13. The predicted molar refractivity (Wildman–Crippen MR) is 49.4 cm³/mol. The number of hydrogen-bond donors (Lipinski definition) is 1. The third kappa shape index (κ3) is 4.31. The lowest BCUT2D eigenvalue weighted by molar-refractivity contribution is 0.489. The first kappa shape index (κ1) is 11.4. The highest BCUT2D eigenvalue weighted by atomic mass is 32.2.